The zero-order valence-corrected chi connectivity index (χ0v) is 13.6. The topological polar surface area (TPSA) is 79.7 Å². The van der Waals surface area contributed by atoms with Crippen LogP contribution in [0.25, 0.3) is 16.9 Å². The molecule has 2 heterocycles. The second-order valence-corrected chi connectivity index (χ2v) is 6.22. The van der Waals surface area contributed by atoms with Crippen LogP contribution in [0.2, 0.25) is 0 Å². The van der Waals surface area contributed by atoms with E-state index in [1.807, 2.05) is 48.5 Å². The highest BCUT2D eigenvalue weighted by atomic mass is 79.9. The molecule has 112 valence electrons. The lowest BCUT2D eigenvalue weighted by Gasteiger charge is -2.26. The number of nitrogens with two attached hydrogens (primary N) is 1. The summed E-state index contributed by atoms with van der Waals surface area (Å²) in [5.74, 6) is 1.06. The molecule has 5 nitrogen and oxygen atoms in total. The van der Waals surface area contributed by atoms with E-state index in [2.05, 4.69) is 32.3 Å². The van der Waals surface area contributed by atoms with Gasteiger partial charge in [-0.15, -0.1) is 0 Å². The summed E-state index contributed by atoms with van der Waals surface area (Å²) < 4.78 is 2.74. The fourth-order valence-corrected chi connectivity index (χ4v) is 3.31. The molecule has 1 aliphatic rings. The Kier molecular flexibility index (Phi) is 3.10. The Bertz CT molecular complexity index is 996. The lowest BCUT2D eigenvalue weighted by atomic mass is 9.98. The average Bonchev–Trinajstić information content (AvgIpc) is 2.93. The van der Waals surface area contributed by atoms with Crippen LogP contribution in [0.4, 0.5) is 5.95 Å². The number of imidazole rings is 1. The first-order valence-electron chi connectivity index (χ1n) is 7.08. The molecule has 1 aliphatic heterocycles. The van der Waals surface area contributed by atoms with E-state index in [0.717, 1.165) is 21.1 Å². The number of aromatic nitrogens is 2. The normalized spacial score (nSPS) is 16.8. The maximum atomic E-state index is 9.62. The molecule has 4 rings (SSSR count). The van der Waals surface area contributed by atoms with Gasteiger partial charge in [0.05, 0.1) is 22.6 Å². The van der Waals surface area contributed by atoms with E-state index in [-0.39, 0.29) is 6.04 Å². The summed E-state index contributed by atoms with van der Waals surface area (Å²) in [5.41, 5.74) is 9.47. The number of nitrogens with zero attached hydrogens (tertiary/aromatic N) is 3. The van der Waals surface area contributed by atoms with Crippen molar-refractivity contribution in [2.75, 3.05) is 5.32 Å². The van der Waals surface area contributed by atoms with E-state index in [1.165, 1.54) is 0 Å². The third kappa shape index (κ3) is 2.09. The van der Waals surface area contributed by atoms with Crippen LogP contribution in [0.15, 0.2) is 58.6 Å². The Labute approximate surface area is 141 Å². The van der Waals surface area contributed by atoms with Crippen LogP contribution in [0, 0.1) is 11.3 Å². The molecular formula is C17H12BrN5. The third-order valence-electron chi connectivity index (χ3n) is 3.94. The van der Waals surface area contributed by atoms with Crippen molar-refractivity contribution >= 4 is 38.7 Å². The maximum absolute atomic E-state index is 9.62. The van der Waals surface area contributed by atoms with Gasteiger partial charge in [0, 0.05) is 4.47 Å². The average molecular weight is 366 g/mol. The molecule has 23 heavy (non-hydrogen) atoms. The highest BCUT2D eigenvalue weighted by Crippen LogP contribution is 2.36. The van der Waals surface area contributed by atoms with Gasteiger partial charge in [0.1, 0.15) is 11.9 Å². The van der Waals surface area contributed by atoms with Crippen molar-refractivity contribution < 1.29 is 0 Å². The monoisotopic (exact) mass is 365 g/mol. The van der Waals surface area contributed by atoms with Crippen molar-refractivity contribution in [2.24, 2.45) is 5.73 Å². The van der Waals surface area contributed by atoms with Crippen LogP contribution in [0.3, 0.4) is 0 Å². The molecule has 0 unspecified atom stereocenters. The predicted molar refractivity (Wildman–Crippen MR) is 93.3 cm³/mol. The van der Waals surface area contributed by atoms with Gasteiger partial charge >= 0.3 is 0 Å². The maximum Gasteiger partial charge on any atom is 0.210 e. The minimum absolute atomic E-state index is 0.318. The van der Waals surface area contributed by atoms with Crippen molar-refractivity contribution in [1.82, 2.24) is 9.55 Å². The molecule has 3 N–H and O–H groups in total. The first kappa shape index (κ1) is 13.9. The summed E-state index contributed by atoms with van der Waals surface area (Å²) in [6.45, 7) is 0. The van der Waals surface area contributed by atoms with Gasteiger partial charge in [0.25, 0.3) is 0 Å². The van der Waals surface area contributed by atoms with Crippen molar-refractivity contribution in [2.45, 2.75) is 6.04 Å². The molecule has 0 amide bonds. The Balaban J connectivity index is 1.94. The fourth-order valence-electron chi connectivity index (χ4n) is 2.89. The number of fused-ring (bicyclic) bond motifs is 3. The minimum Gasteiger partial charge on any atom is -0.384 e. The van der Waals surface area contributed by atoms with Crippen molar-refractivity contribution in [3.05, 3.63) is 64.1 Å². The Hall–Kier alpha value is -2.78. The molecule has 0 aliphatic carbocycles. The van der Waals surface area contributed by atoms with Crippen LogP contribution < -0.4 is 11.1 Å². The van der Waals surface area contributed by atoms with E-state index in [4.69, 9.17) is 5.73 Å². The first-order chi connectivity index (χ1) is 11.2. The Morgan fingerprint density at radius 3 is 2.83 bits per heavy atom. The molecule has 0 radical (unpaired) electrons. The standard InChI is InChI=1S/C17H12BrN5/c18-11-5-3-4-10(8-11)15-12(9-19)16(20)23-14-7-2-1-6-13(14)21-17(23)22-15/h1-8,15H,20H2,(H,21,22)/t15-/m1/s1. The van der Waals surface area contributed by atoms with E-state index in [1.54, 1.807) is 4.57 Å². The van der Waals surface area contributed by atoms with Gasteiger partial charge in [-0.2, -0.15) is 5.26 Å². The molecule has 3 aromatic rings. The van der Waals surface area contributed by atoms with Crippen LogP contribution in [-0.2, 0) is 0 Å². The van der Waals surface area contributed by atoms with Crippen molar-refractivity contribution in [1.29, 1.82) is 5.26 Å². The summed E-state index contributed by atoms with van der Waals surface area (Å²) in [6, 6.07) is 17.5. The van der Waals surface area contributed by atoms with E-state index < -0.39 is 0 Å². The number of para-hydroxylation sites is 2. The number of anilines is 1. The number of hydrogen-bond acceptors (Lipinski definition) is 4. The predicted octanol–water partition coefficient (Wildman–Crippen LogP) is 3.62. The SMILES string of the molecule is N#CC1=C(N)n2c(nc3ccccc32)N[C@@H]1c1cccc(Br)c1. The van der Waals surface area contributed by atoms with Gasteiger partial charge in [-0.05, 0) is 29.8 Å². The van der Waals surface area contributed by atoms with Gasteiger partial charge in [-0.3, -0.25) is 4.57 Å². The Morgan fingerprint density at radius 1 is 1.22 bits per heavy atom. The first-order valence-corrected chi connectivity index (χ1v) is 7.88. The highest BCUT2D eigenvalue weighted by Gasteiger charge is 2.29. The molecule has 0 saturated carbocycles. The largest absolute Gasteiger partial charge is 0.384 e. The van der Waals surface area contributed by atoms with Gasteiger partial charge < -0.3 is 11.1 Å². The number of nitrogens with one attached hydrogen (secondary N) is 1. The lowest BCUT2D eigenvalue weighted by molar-refractivity contribution is 0.856. The summed E-state index contributed by atoms with van der Waals surface area (Å²) >= 11 is 3.47. The van der Waals surface area contributed by atoms with Gasteiger partial charge in [0.2, 0.25) is 5.95 Å². The summed E-state index contributed by atoms with van der Waals surface area (Å²) in [5, 5.41) is 13.0. The molecule has 6 heteroatoms. The van der Waals surface area contributed by atoms with Crippen LogP contribution >= 0.6 is 15.9 Å². The quantitative estimate of drug-likeness (QED) is 0.690. The molecule has 0 fully saturated rings. The van der Waals surface area contributed by atoms with Crippen molar-refractivity contribution in [3.63, 3.8) is 0 Å². The molecule has 0 bridgehead atoms. The smallest absolute Gasteiger partial charge is 0.210 e. The number of nitriles is 1. The molecule has 1 aromatic heterocycles. The van der Waals surface area contributed by atoms with Gasteiger partial charge in [-0.25, -0.2) is 4.98 Å². The number of halogens is 1. The van der Waals surface area contributed by atoms with Crippen LogP contribution in [0.1, 0.15) is 11.6 Å². The lowest BCUT2D eigenvalue weighted by Crippen LogP contribution is -2.26. The second-order valence-electron chi connectivity index (χ2n) is 5.30. The highest BCUT2D eigenvalue weighted by molar-refractivity contribution is 9.10. The summed E-state index contributed by atoms with van der Waals surface area (Å²) in [7, 11) is 0. The zero-order valence-electron chi connectivity index (χ0n) is 12.0. The number of rotatable bonds is 1. The van der Waals surface area contributed by atoms with E-state index in [9.17, 15) is 5.26 Å². The van der Waals surface area contributed by atoms with E-state index in [0.29, 0.717) is 17.3 Å². The minimum atomic E-state index is -0.318. The molecule has 2 aromatic carbocycles. The molecular weight excluding hydrogens is 354 g/mol. The summed E-state index contributed by atoms with van der Waals surface area (Å²) in [4.78, 5) is 4.59. The summed E-state index contributed by atoms with van der Waals surface area (Å²) in [6.07, 6.45) is 0. The molecule has 0 saturated heterocycles. The van der Waals surface area contributed by atoms with E-state index >= 15 is 0 Å². The number of benzene rings is 2. The van der Waals surface area contributed by atoms with Gasteiger partial charge in [-0.1, -0.05) is 40.2 Å². The van der Waals surface area contributed by atoms with Crippen LogP contribution in [-0.4, -0.2) is 9.55 Å². The zero-order chi connectivity index (χ0) is 16.0. The Morgan fingerprint density at radius 2 is 2.04 bits per heavy atom. The van der Waals surface area contributed by atoms with Crippen molar-refractivity contribution in [3.8, 4) is 6.07 Å². The van der Waals surface area contributed by atoms with Gasteiger partial charge in [0.15, 0.2) is 0 Å². The third-order valence-corrected chi connectivity index (χ3v) is 4.44. The number of hydrogen-bond donors (Lipinski definition) is 2. The van der Waals surface area contributed by atoms with Crippen LogP contribution in [0.5, 0.6) is 0 Å². The second kappa shape index (κ2) is 5.14. The molecule has 0 spiro atoms. The fraction of sp³-hybridized carbons (Fsp3) is 0.0588. The molecule has 1 atom stereocenters.